The highest BCUT2D eigenvalue weighted by Crippen LogP contribution is 2.54. The van der Waals surface area contributed by atoms with Gasteiger partial charge in [-0.05, 0) is 65.4 Å². The smallest absolute Gasteiger partial charge is 0.305 e. The van der Waals surface area contributed by atoms with Gasteiger partial charge in [0.25, 0.3) is 5.91 Å². The highest BCUT2D eigenvalue weighted by Gasteiger charge is 2.56. The van der Waals surface area contributed by atoms with Crippen LogP contribution in [0.2, 0.25) is 0 Å². The van der Waals surface area contributed by atoms with Crippen LogP contribution < -0.4 is 24.6 Å². The fourth-order valence-corrected chi connectivity index (χ4v) is 8.72. The molecule has 2 aliphatic heterocycles. The van der Waals surface area contributed by atoms with Gasteiger partial charge in [-0.3, -0.25) is 19.2 Å². The quantitative estimate of drug-likeness (QED) is 0.195. The predicted octanol–water partition coefficient (Wildman–Crippen LogP) is 6.17. The first-order valence-corrected chi connectivity index (χ1v) is 16.4. The van der Waals surface area contributed by atoms with Gasteiger partial charge in [-0.1, -0.05) is 69.4 Å². The van der Waals surface area contributed by atoms with Crippen LogP contribution in [0.4, 0.5) is 11.4 Å². The number of fused-ring (bicyclic) bond motifs is 3. The number of aromatic nitrogens is 1. The van der Waals surface area contributed by atoms with Crippen molar-refractivity contribution in [3.05, 3.63) is 110 Å². The second kappa shape index (κ2) is 11.8. The maximum absolute atomic E-state index is 14.1. The zero-order chi connectivity index (χ0) is 31.2. The number of carbonyl (C=O) groups excluding carboxylic acids is 3. The lowest BCUT2D eigenvalue weighted by Gasteiger charge is -2.31. The average Bonchev–Trinajstić information content (AvgIpc) is 3.54. The third-order valence-electron chi connectivity index (χ3n) is 7.85. The van der Waals surface area contributed by atoms with Crippen molar-refractivity contribution in [2.24, 2.45) is 5.92 Å². The summed E-state index contributed by atoms with van der Waals surface area (Å²) >= 11 is 5.74. The van der Waals surface area contributed by atoms with Crippen molar-refractivity contribution in [3.8, 4) is 11.5 Å². The van der Waals surface area contributed by atoms with Gasteiger partial charge in [-0.2, -0.15) is 0 Å². The second-order valence-electron chi connectivity index (χ2n) is 10.5. The van der Waals surface area contributed by atoms with Crippen LogP contribution in [0, 0.1) is 5.92 Å². The first kappa shape index (κ1) is 29.3. The summed E-state index contributed by atoms with van der Waals surface area (Å²) in [7, 11) is 1.54. The Balaban J connectivity index is 1.21. The molecule has 3 heterocycles. The van der Waals surface area contributed by atoms with Gasteiger partial charge in [0.1, 0.15) is 16.7 Å². The Labute approximate surface area is 273 Å². The van der Waals surface area contributed by atoms with E-state index in [9.17, 15) is 19.2 Å². The molecule has 7 rings (SSSR count). The number of benzene rings is 4. The number of rotatable bonds is 7. The molecule has 0 saturated carbocycles. The lowest BCUT2D eigenvalue weighted by molar-refractivity contribution is -0.122. The Hall–Kier alpha value is -4.39. The molecule has 2 N–H and O–H groups in total. The van der Waals surface area contributed by atoms with Crippen molar-refractivity contribution in [1.29, 1.82) is 0 Å². The van der Waals surface area contributed by atoms with Gasteiger partial charge in [-0.15, -0.1) is 0 Å². The Morgan fingerprint density at radius 1 is 0.956 bits per heavy atom. The normalized spacial score (nSPS) is 18.9. The van der Waals surface area contributed by atoms with Crippen LogP contribution in [0.1, 0.15) is 16.4 Å². The molecule has 2 aliphatic rings. The summed E-state index contributed by atoms with van der Waals surface area (Å²) in [6.45, 7) is -0.294. The summed E-state index contributed by atoms with van der Waals surface area (Å²) < 4.78 is 12.0. The largest absolute Gasteiger partial charge is 0.497 e. The van der Waals surface area contributed by atoms with Gasteiger partial charge >= 0.3 is 4.87 Å². The van der Waals surface area contributed by atoms with E-state index in [1.54, 1.807) is 43.5 Å². The number of methoxy groups -OCH3 is 1. The lowest BCUT2D eigenvalue weighted by atomic mass is 9.82. The minimum absolute atomic E-state index is 0.281. The third kappa shape index (κ3) is 5.43. The van der Waals surface area contributed by atoms with Gasteiger partial charge in [0.2, 0.25) is 11.8 Å². The van der Waals surface area contributed by atoms with E-state index in [1.165, 1.54) is 16.7 Å². The monoisotopic (exact) mass is 701 g/mol. The van der Waals surface area contributed by atoms with Gasteiger partial charge in [0, 0.05) is 26.5 Å². The van der Waals surface area contributed by atoms with Gasteiger partial charge in [-0.25, -0.2) is 4.90 Å². The van der Waals surface area contributed by atoms with Crippen LogP contribution >= 0.6 is 39.0 Å². The number of anilines is 2. The third-order valence-corrected chi connectivity index (χ3v) is 10.7. The number of nitrogens with one attached hydrogen (secondary N) is 2. The lowest BCUT2D eigenvalue weighted by Crippen LogP contribution is -2.32. The number of nitrogens with zero attached hydrogens (tertiary/aromatic N) is 1. The van der Waals surface area contributed by atoms with E-state index in [2.05, 4.69) is 26.2 Å². The molecule has 1 fully saturated rings. The topological polar surface area (TPSA) is 118 Å². The van der Waals surface area contributed by atoms with Crippen molar-refractivity contribution in [2.75, 3.05) is 23.9 Å². The number of hydrogen-bond donors (Lipinski definition) is 2. The maximum Gasteiger partial charge on any atom is 0.305 e. The van der Waals surface area contributed by atoms with E-state index in [1.807, 2.05) is 48.5 Å². The van der Waals surface area contributed by atoms with Crippen LogP contribution in [-0.4, -0.2) is 41.7 Å². The van der Waals surface area contributed by atoms with Crippen molar-refractivity contribution in [1.82, 2.24) is 4.98 Å². The second-order valence-corrected chi connectivity index (χ2v) is 13.6. The zero-order valence-electron chi connectivity index (χ0n) is 23.6. The summed E-state index contributed by atoms with van der Waals surface area (Å²) in [5.74, 6) is -1.62. The number of ether oxygens (including phenoxy) is 2. The Kier molecular flexibility index (Phi) is 7.72. The highest BCUT2D eigenvalue weighted by atomic mass is 79.9. The molecule has 0 unspecified atom stereocenters. The van der Waals surface area contributed by atoms with Crippen LogP contribution in [0.25, 0.3) is 10.8 Å². The Bertz CT molecular complexity index is 2040. The van der Waals surface area contributed by atoms with Crippen molar-refractivity contribution >= 4 is 78.9 Å². The molecule has 226 valence electrons. The summed E-state index contributed by atoms with van der Waals surface area (Å²) in [6, 6.07) is 25.6. The number of amides is 3. The van der Waals surface area contributed by atoms with Crippen LogP contribution in [0.15, 0.2) is 99.2 Å². The van der Waals surface area contributed by atoms with E-state index < -0.39 is 17.1 Å². The first-order valence-electron chi connectivity index (χ1n) is 13.9. The van der Waals surface area contributed by atoms with Crippen molar-refractivity contribution in [2.45, 2.75) is 16.2 Å². The standard InChI is InChI=1S/C33H24BrN3O6S2/c1-42-22-11-9-21(10-12-22)37-31(39)27-26(28-30(36-33(41)45-28)44-29(27)32(37)40)23-15-19(34)7-13-24(23)43-16-25(38)35-20-8-6-17-4-2-3-5-18(17)14-20/h2-15,26-27,29H,16H2,1H3,(H,35,38)(H,36,41)/t26-,27-,29+/m0/s1. The molecule has 3 amide bonds. The predicted molar refractivity (Wildman–Crippen MR) is 178 cm³/mol. The van der Waals surface area contributed by atoms with Crippen LogP contribution in [0.5, 0.6) is 11.5 Å². The molecule has 45 heavy (non-hydrogen) atoms. The molecular formula is C33H24BrN3O6S2. The summed E-state index contributed by atoms with van der Waals surface area (Å²) in [5, 5.41) is 4.72. The molecule has 4 aromatic carbocycles. The molecular weight excluding hydrogens is 678 g/mol. The maximum atomic E-state index is 14.1. The fourth-order valence-electron chi connectivity index (χ4n) is 5.84. The SMILES string of the molecule is COc1ccc(N2C(=O)[C@H]3[C@H](c4cc(Br)ccc4OCC(=O)Nc4ccc5ccccc5c4)c4sc(=O)[nH]c4S[C@H]3C2=O)cc1. The van der Waals surface area contributed by atoms with Gasteiger partial charge in [0.15, 0.2) is 6.61 Å². The van der Waals surface area contributed by atoms with E-state index in [0.717, 1.165) is 22.1 Å². The zero-order valence-corrected chi connectivity index (χ0v) is 26.8. The molecule has 1 saturated heterocycles. The average molecular weight is 703 g/mol. The van der Waals surface area contributed by atoms with E-state index in [-0.39, 0.29) is 29.2 Å². The number of thioether (sulfide) groups is 1. The molecule has 1 aromatic heterocycles. The molecule has 0 aliphatic carbocycles. The van der Waals surface area contributed by atoms with Crippen LogP contribution in [-0.2, 0) is 14.4 Å². The fraction of sp³-hybridized carbons (Fsp3) is 0.152. The van der Waals surface area contributed by atoms with Crippen molar-refractivity contribution in [3.63, 3.8) is 0 Å². The number of H-pyrrole nitrogens is 1. The summed E-state index contributed by atoms with van der Waals surface area (Å²) in [6.07, 6.45) is 0. The van der Waals surface area contributed by atoms with Gasteiger partial charge in [0.05, 0.1) is 23.7 Å². The van der Waals surface area contributed by atoms with Gasteiger partial charge < -0.3 is 19.8 Å². The molecule has 0 spiro atoms. The number of carbonyl (C=O) groups is 3. The number of aromatic amines is 1. The molecule has 5 aromatic rings. The molecule has 3 atom stereocenters. The minimum atomic E-state index is -0.813. The highest BCUT2D eigenvalue weighted by molar-refractivity contribution is 9.10. The molecule has 9 nitrogen and oxygen atoms in total. The minimum Gasteiger partial charge on any atom is -0.497 e. The number of hydrogen-bond acceptors (Lipinski definition) is 8. The summed E-state index contributed by atoms with van der Waals surface area (Å²) in [5.41, 5.74) is 1.67. The van der Waals surface area contributed by atoms with Crippen LogP contribution in [0.3, 0.4) is 0 Å². The molecule has 0 radical (unpaired) electrons. The molecule has 0 bridgehead atoms. The number of imide groups is 1. The van der Waals surface area contributed by atoms with E-state index in [0.29, 0.717) is 42.8 Å². The molecule has 12 heteroatoms. The Morgan fingerprint density at radius 2 is 1.73 bits per heavy atom. The summed E-state index contributed by atoms with van der Waals surface area (Å²) in [4.78, 5) is 57.9. The number of thiazole rings is 1. The first-order chi connectivity index (χ1) is 21.8. The van der Waals surface area contributed by atoms with E-state index >= 15 is 0 Å². The van der Waals surface area contributed by atoms with Crippen molar-refractivity contribution < 1.29 is 23.9 Å². The Morgan fingerprint density at radius 3 is 2.51 bits per heavy atom. The number of halogens is 1. The van der Waals surface area contributed by atoms with E-state index in [4.69, 9.17) is 9.47 Å².